The molecule has 0 saturated carbocycles. The Morgan fingerprint density at radius 3 is 2.83 bits per heavy atom. The summed E-state index contributed by atoms with van der Waals surface area (Å²) in [5.41, 5.74) is 6.58. The molecule has 0 aliphatic carbocycles. The lowest BCUT2D eigenvalue weighted by Gasteiger charge is -2.16. The monoisotopic (exact) mass is 352 g/mol. The highest BCUT2D eigenvalue weighted by Gasteiger charge is 2.44. The highest BCUT2D eigenvalue weighted by atomic mass is 32.2. The number of nitrogen functional groups attached to an aromatic ring is 1. The molecule has 10 nitrogen and oxygen atoms in total. The number of aliphatic hydroxyl groups is 3. The van der Waals surface area contributed by atoms with E-state index >= 15 is 0 Å². The number of nitrogens with two attached hydrogens (primary N) is 1. The van der Waals surface area contributed by atoms with Gasteiger partial charge in [0.15, 0.2) is 22.8 Å². The van der Waals surface area contributed by atoms with Crippen LogP contribution in [0.4, 0.5) is 5.82 Å². The van der Waals surface area contributed by atoms with E-state index in [0.29, 0.717) is 28.5 Å². The molecule has 2 aromatic rings. The van der Waals surface area contributed by atoms with Gasteiger partial charge < -0.3 is 25.8 Å². The van der Waals surface area contributed by atoms with Crippen LogP contribution in [0.3, 0.4) is 0 Å². The Labute approximate surface area is 140 Å². The highest BCUT2D eigenvalue weighted by Crippen LogP contribution is 2.32. The predicted molar refractivity (Wildman–Crippen MR) is 83.7 cm³/mol. The Hall–Kier alpha value is -1.97. The van der Waals surface area contributed by atoms with Gasteiger partial charge in [-0.3, -0.25) is 4.57 Å². The average Bonchev–Trinajstić information content (AvgIpc) is 3.10. The van der Waals surface area contributed by atoms with Gasteiger partial charge in [-0.1, -0.05) is 11.8 Å². The maximum Gasteiger partial charge on any atom is 0.191 e. The summed E-state index contributed by atoms with van der Waals surface area (Å²) >= 11 is 1.28. The van der Waals surface area contributed by atoms with E-state index in [9.17, 15) is 15.3 Å². The van der Waals surface area contributed by atoms with Crippen molar-refractivity contribution in [2.75, 3.05) is 18.1 Å². The fraction of sp³-hybridized carbons (Fsp3) is 0.538. The van der Waals surface area contributed by atoms with Gasteiger partial charge in [-0.2, -0.15) is 5.26 Å². The van der Waals surface area contributed by atoms with Gasteiger partial charge in [0.1, 0.15) is 23.8 Å². The molecule has 4 atom stereocenters. The van der Waals surface area contributed by atoms with Crippen LogP contribution in [-0.2, 0) is 4.74 Å². The van der Waals surface area contributed by atoms with Crippen LogP contribution in [0.1, 0.15) is 12.6 Å². The van der Waals surface area contributed by atoms with Crippen molar-refractivity contribution >= 4 is 28.7 Å². The van der Waals surface area contributed by atoms with E-state index in [1.165, 1.54) is 22.7 Å². The van der Waals surface area contributed by atoms with Gasteiger partial charge in [0.2, 0.25) is 0 Å². The van der Waals surface area contributed by atoms with E-state index in [4.69, 9.17) is 15.7 Å². The van der Waals surface area contributed by atoms with E-state index in [1.54, 1.807) is 0 Å². The van der Waals surface area contributed by atoms with E-state index < -0.39 is 31.1 Å². The number of ether oxygens (including phenoxy) is 1. The number of anilines is 1. The number of nitriles is 1. The fourth-order valence-corrected chi connectivity index (χ4v) is 3.16. The van der Waals surface area contributed by atoms with Crippen LogP contribution in [0.2, 0.25) is 0 Å². The SMILES string of the molecule is N#CCCSc1nc(N)c2ncn(C3OC(CO)C(O)C3O)c2n1. The molecule has 0 radical (unpaired) electrons. The normalized spacial score (nSPS) is 26.8. The summed E-state index contributed by atoms with van der Waals surface area (Å²) in [5, 5.41) is 38.2. The molecule has 128 valence electrons. The molecule has 3 rings (SSSR count). The summed E-state index contributed by atoms with van der Waals surface area (Å²) in [6.45, 7) is -0.423. The third-order valence-electron chi connectivity index (χ3n) is 3.66. The zero-order valence-electron chi connectivity index (χ0n) is 12.5. The number of fused-ring (bicyclic) bond motifs is 1. The summed E-state index contributed by atoms with van der Waals surface area (Å²) < 4.78 is 6.94. The van der Waals surface area contributed by atoms with Crippen LogP contribution < -0.4 is 5.73 Å². The summed E-state index contributed by atoms with van der Waals surface area (Å²) in [6.07, 6.45) is -2.58. The smallest absolute Gasteiger partial charge is 0.191 e. The third kappa shape index (κ3) is 2.90. The molecule has 11 heteroatoms. The Bertz CT molecular complexity index is 778. The van der Waals surface area contributed by atoms with Crippen LogP contribution in [0.25, 0.3) is 11.2 Å². The second kappa shape index (κ2) is 6.88. The van der Waals surface area contributed by atoms with Crippen molar-refractivity contribution in [2.45, 2.75) is 36.1 Å². The Balaban J connectivity index is 1.96. The molecule has 5 N–H and O–H groups in total. The molecule has 0 bridgehead atoms. The third-order valence-corrected chi connectivity index (χ3v) is 4.51. The van der Waals surface area contributed by atoms with Gasteiger partial charge in [-0.15, -0.1) is 0 Å². The molecule has 3 heterocycles. The first-order valence-corrected chi connectivity index (χ1v) is 8.17. The summed E-state index contributed by atoms with van der Waals surface area (Å²) in [7, 11) is 0. The molecule has 1 saturated heterocycles. The van der Waals surface area contributed by atoms with Crippen molar-refractivity contribution < 1.29 is 20.1 Å². The van der Waals surface area contributed by atoms with Gasteiger partial charge in [-0.05, 0) is 0 Å². The minimum atomic E-state index is -1.24. The van der Waals surface area contributed by atoms with Crippen molar-refractivity contribution in [1.29, 1.82) is 5.26 Å². The summed E-state index contributed by atoms with van der Waals surface area (Å²) in [4.78, 5) is 12.6. The quantitative estimate of drug-likeness (QED) is 0.299. The van der Waals surface area contributed by atoms with Crippen molar-refractivity contribution in [3.05, 3.63) is 6.33 Å². The molecule has 1 aliphatic rings. The number of imidazole rings is 1. The number of nitrogens with zero attached hydrogens (tertiary/aromatic N) is 5. The van der Waals surface area contributed by atoms with Gasteiger partial charge in [-0.25, -0.2) is 15.0 Å². The number of thioether (sulfide) groups is 1. The zero-order valence-corrected chi connectivity index (χ0v) is 13.3. The van der Waals surface area contributed by atoms with E-state index in [0.717, 1.165) is 0 Å². The number of hydrogen-bond donors (Lipinski definition) is 4. The van der Waals surface area contributed by atoms with Crippen LogP contribution in [0, 0.1) is 11.3 Å². The summed E-state index contributed by atoms with van der Waals surface area (Å²) in [6, 6.07) is 2.03. The van der Waals surface area contributed by atoms with Crippen LogP contribution >= 0.6 is 11.8 Å². The average molecular weight is 352 g/mol. The lowest BCUT2D eigenvalue weighted by Crippen LogP contribution is -2.33. The zero-order chi connectivity index (χ0) is 17.3. The molecule has 1 fully saturated rings. The van der Waals surface area contributed by atoms with Gasteiger partial charge in [0, 0.05) is 12.2 Å². The maximum atomic E-state index is 10.2. The maximum absolute atomic E-state index is 10.2. The van der Waals surface area contributed by atoms with E-state index in [2.05, 4.69) is 15.0 Å². The van der Waals surface area contributed by atoms with Crippen molar-refractivity contribution in [3.8, 4) is 6.07 Å². The molecular weight excluding hydrogens is 336 g/mol. The molecule has 0 spiro atoms. The Morgan fingerprint density at radius 2 is 2.17 bits per heavy atom. The van der Waals surface area contributed by atoms with Crippen molar-refractivity contribution in [2.24, 2.45) is 0 Å². The molecule has 24 heavy (non-hydrogen) atoms. The second-order valence-electron chi connectivity index (χ2n) is 5.20. The van der Waals surface area contributed by atoms with Crippen LogP contribution in [0.15, 0.2) is 11.5 Å². The lowest BCUT2D eigenvalue weighted by molar-refractivity contribution is -0.0511. The number of rotatable bonds is 5. The second-order valence-corrected chi connectivity index (χ2v) is 6.26. The molecule has 1 aliphatic heterocycles. The van der Waals surface area contributed by atoms with Crippen LogP contribution in [0.5, 0.6) is 0 Å². The Kier molecular flexibility index (Phi) is 4.83. The van der Waals surface area contributed by atoms with Crippen molar-refractivity contribution in [3.63, 3.8) is 0 Å². The molecule has 0 amide bonds. The topological polar surface area (TPSA) is 163 Å². The molecular formula is C13H16N6O4S. The summed E-state index contributed by atoms with van der Waals surface area (Å²) in [5.74, 6) is 0.689. The number of hydrogen-bond acceptors (Lipinski definition) is 10. The minimum Gasteiger partial charge on any atom is -0.394 e. The standard InChI is InChI=1S/C13H16N6O4S/c14-2-1-3-24-13-17-10(15)7-11(18-13)19(5-16-7)12-9(22)8(21)6(4-20)23-12/h5-6,8-9,12,20-22H,1,3-4H2,(H2,15,17,18). The van der Waals surface area contributed by atoms with Gasteiger partial charge in [0.05, 0.1) is 19.0 Å². The molecule has 0 aromatic carbocycles. The largest absolute Gasteiger partial charge is 0.394 e. The van der Waals surface area contributed by atoms with E-state index in [1.807, 2.05) is 6.07 Å². The fourth-order valence-electron chi connectivity index (χ4n) is 2.47. The number of aromatic nitrogens is 4. The first-order chi connectivity index (χ1) is 11.6. The van der Waals surface area contributed by atoms with Crippen LogP contribution in [-0.4, -0.2) is 65.5 Å². The lowest BCUT2D eigenvalue weighted by atomic mass is 10.1. The molecule has 2 aromatic heterocycles. The highest BCUT2D eigenvalue weighted by molar-refractivity contribution is 7.99. The van der Waals surface area contributed by atoms with Gasteiger partial charge >= 0.3 is 0 Å². The van der Waals surface area contributed by atoms with Gasteiger partial charge in [0.25, 0.3) is 0 Å². The Morgan fingerprint density at radius 1 is 1.38 bits per heavy atom. The minimum absolute atomic E-state index is 0.171. The predicted octanol–water partition coefficient (Wildman–Crippen LogP) is -0.974. The molecule has 4 unspecified atom stereocenters. The van der Waals surface area contributed by atoms with E-state index in [-0.39, 0.29) is 5.82 Å². The number of aliphatic hydroxyl groups excluding tert-OH is 3. The first kappa shape index (κ1) is 16.9. The first-order valence-electron chi connectivity index (χ1n) is 7.19. The van der Waals surface area contributed by atoms with Crippen molar-refractivity contribution in [1.82, 2.24) is 19.5 Å².